The van der Waals surface area contributed by atoms with Crippen LogP contribution in [0.1, 0.15) is 42.5 Å². The summed E-state index contributed by atoms with van der Waals surface area (Å²) >= 11 is 0. The smallest absolute Gasteiger partial charge is 0.319 e. The van der Waals surface area contributed by atoms with Gasteiger partial charge in [0.25, 0.3) is 0 Å². The highest BCUT2D eigenvalue weighted by Gasteiger charge is 2.18. The van der Waals surface area contributed by atoms with Gasteiger partial charge in [-0.2, -0.15) is 5.10 Å². The molecule has 2 N–H and O–H groups in total. The maximum Gasteiger partial charge on any atom is 0.319 e. The number of urea groups is 1. The van der Waals surface area contributed by atoms with Gasteiger partial charge in [-0.1, -0.05) is 62.4 Å². The Kier molecular flexibility index (Phi) is 5.86. The standard InChI is InChI=1S/C21H25N5O/c1-15(2)18-11-7-8-16(3)20(18)25-21(27)24-19(12-26-14-22-13-23-26)17-9-5-4-6-10-17/h4-11,13-15,19H,12H2,1-3H3,(H2,24,25,27). The molecule has 0 spiro atoms. The number of hydrogen-bond acceptors (Lipinski definition) is 3. The predicted octanol–water partition coefficient (Wildman–Crippen LogP) is 4.27. The summed E-state index contributed by atoms with van der Waals surface area (Å²) in [6.45, 7) is 6.75. The van der Waals surface area contributed by atoms with Gasteiger partial charge in [0.2, 0.25) is 0 Å². The summed E-state index contributed by atoms with van der Waals surface area (Å²) in [4.78, 5) is 16.8. The van der Waals surface area contributed by atoms with Crippen molar-refractivity contribution in [3.8, 4) is 0 Å². The molecule has 6 heteroatoms. The Morgan fingerprint density at radius 2 is 1.89 bits per heavy atom. The van der Waals surface area contributed by atoms with Crippen molar-refractivity contribution in [1.29, 1.82) is 0 Å². The van der Waals surface area contributed by atoms with E-state index in [1.807, 2.05) is 49.4 Å². The van der Waals surface area contributed by atoms with E-state index < -0.39 is 0 Å². The second kappa shape index (κ2) is 8.49. The normalized spacial score (nSPS) is 12.0. The van der Waals surface area contributed by atoms with Crippen molar-refractivity contribution < 1.29 is 4.79 Å². The number of rotatable bonds is 6. The molecular formula is C21H25N5O. The summed E-state index contributed by atoms with van der Waals surface area (Å²) in [7, 11) is 0. The van der Waals surface area contributed by atoms with Gasteiger partial charge in [-0.15, -0.1) is 0 Å². The fourth-order valence-electron chi connectivity index (χ4n) is 3.08. The molecule has 2 aromatic carbocycles. The van der Waals surface area contributed by atoms with Crippen LogP contribution in [0.5, 0.6) is 0 Å². The molecule has 0 radical (unpaired) electrons. The lowest BCUT2D eigenvalue weighted by Gasteiger charge is -2.21. The third kappa shape index (κ3) is 4.73. The molecule has 0 fully saturated rings. The topological polar surface area (TPSA) is 71.8 Å². The van der Waals surface area contributed by atoms with Gasteiger partial charge >= 0.3 is 6.03 Å². The number of aromatic nitrogens is 3. The van der Waals surface area contributed by atoms with Gasteiger partial charge in [-0.3, -0.25) is 4.68 Å². The van der Waals surface area contributed by atoms with Crippen molar-refractivity contribution in [2.45, 2.75) is 39.3 Å². The van der Waals surface area contributed by atoms with Crippen molar-refractivity contribution in [3.63, 3.8) is 0 Å². The summed E-state index contributed by atoms with van der Waals surface area (Å²) < 4.78 is 1.71. The highest BCUT2D eigenvalue weighted by molar-refractivity contribution is 5.91. The number of carbonyl (C=O) groups is 1. The van der Waals surface area contributed by atoms with Gasteiger partial charge in [0.15, 0.2) is 0 Å². The molecule has 0 aliphatic carbocycles. The monoisotopic (exact) mass is 363 g/mol. The number of amides is 2. The maximum absolute atomic E-state index is 12.8. The molecule has 6 nitrogen and oxygen atoms in total. The van der Waals surface area contributed by atoms with Gasteiger partial charge in [0, 0.05) is 5.69 Å². The number of benzene rings is 2. The SMILES string of the molecule is Cc1cccc(C(C)C)c1NC(=O)NC(Cn1cncn1)c1ccccc1. The number of hydrogen-bond donors (Lipinski definition) is 2. The Morgan fingerprint density at radius 3 is 2.56 bits per heavy atom. The lowest BCUT2D eigenvalue weighted by Crippen LogP contribution is -2.35. The van der Waals surface area contributed by atoms with Gasteiger partial charge in [0.05, 0.1) is 12.6 Å². The summed E-state index contributed by atoms with van der Waals surface area (Å²) in [5, 5.41) is 10.3. The fourth-order valence-corrected chi connectivity index (χ4v) is 3.08. The van der Waals surface area contributed by atoms with Crippen molar-refractivity contribution in [2.24, 2.45) is 0 Å². The molecule has 3 aromatic rings. The van der Waals surface area contributed by atoms with Gasteiger partial charge in [-0.05, 0) is 29.5 Å². The molecule has 0 aliphatic rings. The Morgan fingerprint density at radius 1 is 1.11 bits per heavy atom. The molecule has 0 aliphatic heterocycles. The predicted molar refractivity (Wildman–Crippen MR) is 107 cm³/mol. The van der Waals surface area contributed by atoms with E-state index in [2.05, 4.69) is 40.6 Å². The van der Waals surface area contributed by atoms with Gasteiger partial charge < -0.3 is 10.6 Å². The van der Waals surface area contributed by atoms with E-state index >= 15 is 0 Å². The molecule has 2 amide bonds. The van der Waals surface area contributed by atoms with Crippen LogP contribution in [-0.2, 0) is 6.54 Å². The van der Waals surface area contributed by atoms with Crippen LogP contribution in [-0.4, -0.2) is 20.8 Å². The molecule has 27 heavy (non-hydrogen) atoms. The number of anilines is 1. The molecule has 140 valence electrons. The Balaban J connectivity index is 1.79. The number of carbonyl (C=O) groups excluding carboxylic acids is 1. The number of para-hydroxylation sites is 1. The zero-order valence-corrected chi connectivity index (χ0v) is 15.9. The average Bonchev–Trinajstić information content (AvgIpc) is 3.16. The largest absolute Gasteiger partial charge is 0.329 e. The Bertz CT molecular complexity index is 875. The fraction of sp³-hybridized carbons (Fsp3) is 0.286. The van der Waals surface area contributed by atoms with Crippen molar-refractivity contribution in [2.75, 3.05) is 5.32 Å². The second-order valence-corrected chi connectivity index (χ2v) is 6.87. The first kappa shape index (κ1) is 18.6. The van der Waals surface area contributed by atoms with Gasteiger partial charge in [-0.25, -0.2) is 9.78 Å². The molecule has 1 aromatic heterocycles. The lowest BCUT2D eigenvalue weighted by molar-refractivity contribution is 0.246. The van der Waals surface area contributed by atoms with E-state index in [0.29, 0.717) is 12.5 Å². The summed E-state index contributed by atoms with van der Waals surface area (Å²) in [5.74, 6) is 0.320. The molecule has 1 unspecified atom stereocenters. The van der Waals surface area contributed by atoms with Crippen LogP contribution in [0.2, 0.25) is 0 Å². The van der Waals surface area contributed by atoms with E-state index in [4.69, 9.17) is 0 Å². The number of nitrogens with zero attached hydrogens (tertiary/aromatic N) is 3. The molecular weight excluding hydrogens is 338 g/mol. The zero-order valence-electron chi connectivity index (χ0n) is 15.9. The van der Waals surface area contributed by atoms with E-state index in [0.717, 1.165) is 22.4 Å². The van der Waals surface area contributed by atoms with Gasteiger partial charge in [0.1, 0.15) is 12.7 Å². The van der Waals surface area contributed by atoms with E-state index in [1.54, 1.807) is 11.0 Å². The number of aryl methyl sites for hydroxylation is 1. The average molecular weight is 363 g/mol. The maximum atomic E-state index is 12.8. The van der Waals surface area contributed by atoms with Crippen LogP contribution in [0.4, 0.5) is 10.5 Å². The minimum atomic E-state index is -0.236. The molecule has 0 saturated carbocycles. The second-order valence-electron chi connectivity index (χ2n) is 6.87. The summed E-state index contributed by atoms with van der Waals surface area (Å²) in [5.41, 5.74) is 4.05. The number of nitrogens with one attached hydrogen (secondary N) is 2. The lowest BCUT2D eigenvalue weighted by atomic mass is 9.98. The zero-order chi connectivity index (χ0) is 19.2. The molecule has 0 saturated heterocycles. The van der Waals surface area contributed by atoms with E-state index in [-0.39, 0.29) is 12.1 Å². The van der Waals surface area contributed by atoms with Crippen LogP contribution in [0.25, 0.3) is 0 Å². The highest BCUT2D eigenvalue weighted by Crippen LogP contribution is 2.27. The third-order valence-corrected chi connectivity index (χ3v) is 4.51. The van der Waals surface area contributed by atoms with Crippen molar-refractivity contribution >= 4 is 11.7 Å². The van der Waals surface area contributed by atoms with E-state index in [9.17, 15) is 4.79 Å². The molecule has 1 heterocycles. The summed E-state index contributed by atoms with van der Waals surface area (Å²) in [6, 6.07) is 15.5. The Hall–Kier alpha value is -3.15. The first-order valence-corrected chi connectivity index (χ1v) is 9.09. The van der Waals surface area contributed by atoms with Crippen LogP contribution < -0.4 is 10.6 Å². The first-order valence-electron chi connectivity index (χ1n) is 9.09. The first-order chi connectivity index (χ1) is 13.0. The highest BCUT2D eigenvalue weighted by atomic mass is 16.2. The van der Waals surface area contributed by atoms with Crippen LogP contribution in [0.15, 0.2) is 61.2 Å². The molecule has 1 atom stereocenters. The molecule has 0 bridgehead atoms. The Labute approximate surface area is 159 Å². The minimum Gasteiger partial charge on any atom is -0.329 e. The van der Waals surface area contributed by atoms with Crippen LogP contribution >= 0.6 is 0 Å². The molecule has 3 rings (SSSR count). The quantitative estimate of drug-likeness (QED) is 0.687. The summed E-state index contributed by atoms with van der Waals surface area (Å²) in [6.07, 6.45) is 3.14. The van der Waals surface area contributed by atoms with E-state index in [1.165, 1.54) is 6.33 Å². The van der Waals surface area contributed by atoms with Crippen LogP contribution in [0.3, 0.4) is 0 Å². The van der Waals surface area contributed by atoms with Crippen molar-refractivity contribution in [1.82, 2.24) is 20.1 Å². The van der Waals surface area contributed by atoms with Crippen LogP contribution in [0, 0.1) is 6.92 Å². The minimum absolute atomic E-state index is 0.223. The van der Waals surface area contributed by atoms with Crippen molar-refractivity contribution in [3.05, 3.63) is 77.9 Å². The third-order valence-electron chi connectivity index (χ3n) is 4.51.